The van der Waals surface area contributed by atoms with Gasteiger partial charge in [-0.25, -0.2) is 18.2 Å². The van der Waals surface area contributed by atoms with Gasteiger partial charge in [0.1, 0.15) is 16.3 Å². The van der Waals surface area contributed by atoms with Gasteiger partial charge < -0.3 is 5.73 Å². The molecule has 0 aliphatic heterocycles. The van der Waals surface area contributed by atoms with E-state index < -0.39 is 32.3 Å². The minimum Gasteiger partial charge on any atom is -0.384 e. The van der Waals surface area contributed by atoms with Crippen LogP contribution in [0.1, 0.15) is 31.1 Å². The van der Waals surface area contributed by atoms with Crippen molar-refractivity contribution in [1.29, 1.82) is 0 Å². The fourth-order valence-corrected chi connectivity index (χ4v) is 5.08. The molecule has 2 heterocycles. The zero-order valence-corrected chi connectivity index (χ0v) is 19.1. The summed E-state index contributed by atoms with van der Waals surface area (Å²) in [6.45, 7) is 5.77. The molecule has 0 fully saturated rings. The summed E-state index contributed by atoms with van der Waals surface area (Å²) in [5.41, 5.74) is 4.19. The van der Waals surface area contributed by atoms with Gasteiger partial charge in [0.15, 0.2) is 5.78 Å². The Bertz CT molecular complexity index is 1170. The number of rotatable bonds is 8. The number of pyridine rings is 1. The molecule has 2 aromatic heterocycles. The number of sulfonamides is 1. The zero-order chi connectivity index (χ0) is 22.8. The number of Topliss-reactive ketones (excluding diaryl/α,β-unsaturated/α-hetero) is 1. The van der Waals surface area contributed by atoms with Gasteiger partial charge in [0.2, 0.25) is 10.0 Å². The van der Waals surface area contributed by atoms with Gasteiger partial charge in [-0.05, 0) is 19.1 Å². The summed E-state index contributed by atoms with van der Waals surface area (Å²) in [6.07, 6.45) is 1.24. The third-order valence-corrected chi connectivity index (χ3v) is 7.76. The van der Waals surface area contributed by atoms with Crippen molar-refractivity contribution in [2.75, 3.05) is 18.8 Å². The monoisotopic (exact) mass is 455 g/mol. The first-order valence-corrected chi connectivity index (χ1v) is 11.5. The largest absolute Gasteiger partial charge is 0.384 e. The van der Waals surface area contributed by atoms with Crippen LogP contribution in [-0.4, -0.2) is 51.0 Å². The highest BCUT2D eigenvalue weighted by atomic mass is 32.2. The number of nitrogens with zero attached hydrogens (tertiary/aromatic N) is 4. The molecule has 0 aliphatic carbocycles. The van der Waals surface area contributed by atoms with Gasteiger partial charge in [-0.2, -0.15) is 4.31 Å². The Kier molecular flexibility index (Phi) is 7.27. The van der Waals surface area contributed by atoms with Gasteiger partial charge in [0.05, 0.1) is 10.3 Å². The van der Waals surface area contributed by atoms with Gasteiger partial charge in [-0.3, -0.25) is 18.7 Å². The van der Waals surface area contributed by atoms with Crippen molar-refractivity contribution in [3.63, 3.8) is 0 Å². The van der Waals surface area contributed by atoms with E-state index in [2.05, 4.69) is 4.98 Å². The summed E-state index contributed by atoms with van der Waals surface area (Å²) in [6, 6.07) is 2.94. The van der Waals surface area contributed by atoms with Crippen molar-refractivity contribution >= 4 is 33.4 Å². The smallest absolute Gasteiger partial charge is 0.332 e. The average molecular weight is 456 g/mol. The number of aromatic nitrogens is 3. The minimum atomic E-state index is -3.63. The number of thioether (sulfide) groups is 1. The Morgan fingerprint density at radius 2 is 1.80 bits per heavy atom. The lowest BCUT2D eigenvalue weighted by molar-refractivity contribution is 0.0992. The standard InChI is InChI=1S/C18H25N5O5S2/c1-6-23(7-2)30(27,28)12-8-9-13(20-10-12)29-11(3)15(24)14-16(19)21(4)18(26)22(5)17(14)25/h8-11H,6-7,19H2,1-5H3. The molecule has 0 bridgehead atoms. The quantitative estimate of drug-likeness (QED) is 0.447. The fourth-order valence-electron chi connectivity index (χ4n) is 2.83. The molecule has 0 saturated carbocycles. The van der Waals surface area contributed by atoms with E-state index in [1.54, 1.807) is 20.8 Å². The van der Waals surface area contributed by atoms with E-state index in [9.17, 15) is 22.8 Å². The molecule has 1 unspecified atom stereocenters. The van der Waals surface area contributed by atoms with Gasteiger partial charge in [0.25, 0.3) is 5.56 Å². The number of nitrogen functional groups attached to an aromatic ring is 1. The normalized spacial score (nSPS) is 12.9. The van der Waals surface area contributed by atoms with Crippen LogP contribution in [0.25, 0.3) is 0 Å². The molecule has 30 heavy (non-hydrogen) atoms. The van der Waals surface area contributed by atoms with Gasteiger partial charge in [-0.1, -0.05) is 25.6 Å². The fraction of sp³-hybridized carbons (Fsp3) is 0.444. The predicted molar refractivity (Wildman–Crippen MR) is 115 cm³/mol. The second kappa shape index (κ2) is 9.14. The molecule has 12 heteroatoms. The Morgan fingerprint density at radius 1 is 1.20 bits per heavy atom. The van der Waals surface area contributed by atoms with Gasteiger partial charge in [-0.15, -0.1) is 0 Å². The summed E-state index contributed by atoms with van der Waals surface area (Å²) in [5, 5.41) is -0.329. The van der Waals surface area contributed by atoms with Crippen molar-refractivity contribution in [1.82, 2.24) is 18.4 Å². The number of ketones is 1. The minimum absolute atomic E-state index is 0.0608. The highest BCUT2D eigenvalue weighted by Crippen LogP contribution is 2.25. The van der Waals surface area contributed by atoms with Crippen LogP contribution in [0.2, 0.25) is 0 Å². The van der Waals surface area contributed by atoms with E-state index in [4.69, 9.17) is 5.73 Å². The summed E-state index contributed by atoms with van der Waals surface area (Å²) < 4.78 is 28.3. The van der Waals surface area contributed by atoms with E-state index in [-0.39, 0.29) is 16.3 Å². The molecule has 1 atom stereocenters. The van der Waals surface area contributed by atoms with Crippen molar-refractivity contribution in [3.8, 4) is 0 Å². The van der Waals surface area contributed by atoms with E-state index in [1.165, 1.54) is 36.7 Å². The highest BCUT2D eigenvalue weighted by Gasteiger charge is 2.26. The lowest BCUT2D eigenvalue weighted by Crippen LogP contribution is -2.42. The highest BCUT2D eigenvalue weighted by molar-refractivity contribution is 8.00. The maximum atomic E-state index is 12.8. The maximum absolute atomic E-state index is 12.8. The number of hydrogen-bond acceptors (Lipinski definition) is 8. The first kappa shape index (κ1) is 23.8. The Hall–Kier alpha value is -2.44. The van der Waals surface area contributed by atoms with Crippen molar-refractivity contribution in [3.05, 3.63) is 44.7 Å². The molecule has 2 aromatic rings. The van der Waals surface area contributed by atoms with Crippen LogP contribution >= 0.6 is 11.8 Å². The van der Waals surface area contributed by atoms with E-state index >= 15 is 0 Å². The SMILES string of the molecule is CCN(CC)S(=O)(=O)c1ccc(SC(C)C(=O)c2c(N)n(C)c(=O)n(C)c2=O)nc1. The zero-order valence-electron chi connectivity index (χ0n) is 17.4. The summed E-state index contributed by atoms with van der Waals surface area (Å²) in [5.74, 6) is -0.746. The summed E-state index contributed by atoms with van der Waals surface area (Å²) in [7, 11) is -0.979. The Balaban J connectivity index is 2.30. The van der Waals surface area contributed by atoms with Crippen LogP contribution in [0.3, 0.4) is 0 Å². The topological polar surface area (TPSA) is 137 Å². The maximum Gasteiger partial charge on any atom is 0.332 e. The summed E-state index contributed by atoms with van der Waals surface area (Å²) >= 11 is 1.06. The predicted octanol–water partition coefficient (Wildman–Crippen LogP) is 0.455. The second-order valence-electron chi connectivity index (χ2n) is 6.51. The molecular formula is C18H25N5O5S2. The van der Waals surface area contributed by atoms with Crippen LogP contribution < -0.4 is 17.0 Å². The summed E-state index contributed by atoms with van der Waals surface area (Å²) in [4.78, 5) is 41.3. The first-order valence-electron chi connectivity index (χ1n) is 9.19. The van der Waals surface area contributed by atoms with Crippen LogP contribution in [0.5, 0.6) is 0 Å². The van der Waals surface area contributed by atoms with Crippen molar-refractivity contribution in [2.24, 2.45) is 14.1 Å². The molecule has 2 rings (SSSR count). The second-order valence-corrected chi connectivity index (χ2v) is 9.81. The number of nitrogens with two attached hydrogens (primary N) is 1. The van der Waals surface area contributed by atoms with E-state index in [0.29, 0.717) is 18.1 Å². The van der Waals surface area contributed by atoms with Gasteiger partial charge >= 0.3 is 5.69 Å². The third kappa shape index (κ3) is 4.35. The molecule has 0 radical (unpaired) electrons. The van der Waals surface area contributed by atoms with E-state index in [1.807, 2.05) is 0 Å². The van der Waals surface area contributed by atoms with Crippen molar-refractivity contribution < 1.29 is 13.2 Å². The first-order chi connectivity index (χ1) is 14.0. The van der Waals surface area contributed by atoms with Crippen LogP contribution in [0.15, 0.2) is 37.8 Å². The number of carbonyl (C=O) groups is 1. The molecule has 164 valence electrons. The molecular weight excluding hydrogens is 430 g/mol. The molecule has 10 nitrogen and oxygen atoms in total. The lowest BCUT2D eigenvalue weighted by atomic mass is 10.1. The third-order valence-electron chi connectivity index (χ3n) is 4.68. The molecule has 0 amide bonds. The molecule has 2 N–H and O–H groups in total. The van der Waals surface area contributed by atoms with Crippen LogP contribution in [0.4, 0.5) is 5.82 Å². The van der Waals surface area contributed by atoms with E-state index in [0.717, 1.165) is 20.9 Å². The Labute approximate surface area is 178 Å². The lowest BCUT2D eigenvalue weighted by Gasteiger charge is -2.18. The molecule has 0 spiro atoms. The number of carbonyl (C=O) groups excluding carboxylic acids is 1. The molecule has 0 saturated heterocycles. The number of hydrogen-bond donors (Lipinski definition) is 1. The van der Waals surface area contributed by atoms with Gasteiger partial charge in [0, 0.05) is 33.4 Å². The number of anilines is 1. The van der Waals surface area contributed by atoms with Crippen molar-refractivity contribution in [2.45, 2.75) is 35.9 Å². The van der Waals surface area contributed by atoms with Crippen LogP contribution in [-0.2, 0) is 24.1 Å². The van der Waals surface area contributed by atoms with Crippen LogP contribution in [0, 0.1) is 0 Å². The Morgan fingerprint density at radius 3 is 2.30 bits per heavy atom. The molecule has 0 aliphatic rings. The molecule has 0 aromatic carbocycles. The average Bonchev–Trinajstić information content (AvgIpc) is 2.72.